The van der Waals surface area contributed by atoms with Crippen molar-refractivity contribution in [2.45, 2.75) is 51.4 Å². The molecule has 1 saturated heterocycles. The highest BCUT2D eigenvalue weighted by Gasteiger charge is 2.47. The summed E-state index contributed by atoms with van der Waals surface area (Å²) in [5.74, 6) is 0.817. The number of hydrogen-bond acceptors (Lipinski definition) is 4. The summed E-state index contributed by atoms with van der Waals surface area (Å²) in [6, 6.07) is 5.40. The number of aliphatic hydroxyl groups excluding tert-OH is 1. The third kappa shape index (κ3) is 2.42. The molecule has 0 radical (unpaired) electrons. The summed E-state index contributed by atoms with van der Waals surface area (Å²) in [5, 5.41) is 10.8. The Morgan fingerprint density at radius 1 is 1.45 bits per heavy atom. The van der Waals surface area contributed by atoms with E-state index in [1.807, 2.05) is 39.0 Å². The minimum atomic E-state index is -0.775. The largest absolute Gasteiger partial charge is 0.485 e. The number of rotatable bonds is 2. The number of benzene rings is 1. The van der Waals surface area contributed by atoms with E-state index in [4.69, 9.17) is 17.0 Å². The van der Waals surface area contributed by atoms with Gasteiger partial charge in [-0.25, -0.2) is 0 Å². The van der Waals surface area contributed by atoms with Crippen molar-refractivity contribution in [3.05, 3.63) is 29.3 Å². The number of hydrogen-bond donors (Lipinski definition) is 1. The average molecular weight is 319 g/mol. The van der Waals surface area contributed by atoms with Crippen LogP contribution in [0.5, 0.6) is 5.75 Å². The standard InChI is InChI=1S/C17H21NO3S/c1-10(22)11-6-7-13-12(9-11)15(16(20)17(2,3)21-13)18-8-4-5-14(18)19/h6-7,9,15-16,20H,4-5,8H2,1-3H3/t15-,16+/m0/s1. The maximum absolute atomic E-state index is 12.2. The predicted molar refractivity (Wildman–Crippen MR) is 88.2 cm³/mol. The van der Waals surface area contributed by atoms with E-state index < -0.39 is 11.7 Å². The number of nitrogens with zero attached hydrogens (tertiary/aromatic N) is 1. The van der Waals surface area contributed by atoms with Crippen molar-refractivity contribution in [1.29, 1.82) is 0 Å². The average Bonchev–Trinajstić information content (AvgIpc) is 2.85. The lowest BCUT2D eigenvalue weighted by Crippen LogP contribution is -2.53. The molecular formula is C17H21NO3S. The van der Waals surface area contributed by atoms with Crippen molar-refractivity contribution in [2.75, 3.05) is 6.54 Å². The van der Waals surface area contributed by atoms with Gasteiger partial charge in [0, 0.05) is 23.4 Å². The smallest absolute Gasteiger partial charge is 0.223 e. The van der Waals surface area contributed by atoms with E-state index >= 15 is 0 Å². The number of carbonyl (C=O) groups excluding carboxylic acids is 1. The highest BCUT2D eigenvalue weighted by atomic mass is 32.1. The molecule has 1 fully saturated rings. The van der Waals surface area contributed by atoms with Crippen LogP contribution in [-0.4, -0.2) is 39.0 Å². The first kappa shape index (κ1) is 15.4. The van der Waals surface area contributed by atoms with Crippen LogP contribution in [0, 0.1) is 0 Å². The van der Waals surface area contributed by atoms with Crippen molar-refractivity contribution in [2.24, 2.45) is 0 Å². The molecule has 1 aromatic carbocycles. The Morgan fingerprint density at radius 2 is 2.18 bits per heavy atom. The topological polar surface area (TPSA) is 49.8 Å². The third-order valence-electron chi connectivity index (χ3n) is 4.57. The first-order chi connectivity index (χ1) is 10.3. The molecule has 1 aromatic rings. The molecule has 2 aliphatic rings. The third-order valence-corrected chi connectivity index (χ3v) is 4.80. The summed E-state index contributed by atoms with van der Waals surface area (Å²) in [6.07, 6.45) is 0.610. The van der Waals surface area contributed by atoms with Crippen LogP contribution in [0.2, 0.25) is 0 Å². The molecule has 2 aliphatic heterocycles. The van der Waals surface area contributed by atoms with Crippen LogP contribution in [0.1, 0.15) is 50.8 Å². The van der Waals surface area contributed by atoms with Crippen molar-refractivity contribution in [3.8, 4) is 5.75 Å². The molecule has 0 aliphatic carbocycles. The monoisotopic (exact) mass is 319 g/mol. The fourth-order valence-corrected chi connectivity index (χ4v) is 3.41. The van der Waals surface area contributed by atoms with E-state index in [9.17, 15) is 9.90 Å². The quantitative estimate of drug-likeness (QED) is 0.672. The van der Waals surface area contributed by atoms with E-state index in [1.165, 1.54) is 0 Å². The summed E-state index contributed by atoms with van der Waals surface area (Å²) >= 11 is 5.25. The van der Waals surface area contributed by atoms with Crippen LogP contribution in [0.25, 0.3) is 0 Å². The molecular weight excluding hydrogens is 298 g/mol. The maximum atomic E-state index is 12.2. The van der Waals surface area contributed by atoms with Gasteiger partial charge < -0.3 is 14.7 Å². The highest BCUT2D eigenvalue weighted by molar-refractivity contribution is 7.80. The molecule has 0 unspecified atom stereocenters. The SMILES string of the molecule is CC(=S)c1ccc2c(c1)[C@H](N1CCCC1=O)[C@@H](O)C(C)(C)O2. The number of ether oxygens (including phenoxy) is 1. The summed E-state index contributed by atoms with van der Waals surface area (Å²) in [4.78, 5) is 14.8. The summed E-state index contributed by atoms with van der Waals surface area (Å²) in [6.45, 7) is 6.26. The van der Waals surface area contributed by atoms with Crippen molar-refractivity contribution < 1.29 is 14.6 Å². The van der Waals surface area contributed by atoms with Crippen LogP contribution in [-0.2, 0) is 4.79 Å². The van der Waals surface area contributed by atoms with E-state index in [0.717, 1.165) is 28.2 Å². The van der Waals surface area contributed by atoms with Crippen molar-refractivity contribution in [1.82, 2.24) is 4.90 Å². The lowest BCUT2D eigenvalue weighted by Gasteiger charge is -2.45. The molecule has 0 saturated carbocycles. The van der Waals surface area contributed by atoms with Crippen LogP contribution in [0.3, 0.4) is 0 Å². The molecule has 0 spiro atoms. The molecule has 118 valence electrons. The Labute approximate surface area is 136 Å². The second kappa shape index (κ2) is 5.32. The molecule has 1 N–H and O–H groups in total. The Bertz CT molecular complexity index is 641. The number of amides is 1. The number of carbonyl (C=O) groups is 1. The molecule has 2 heterocycles. The summed E-state index contributed by atoms with van der Waals surface area (Å²) in [5.41, 5.74) is 1.04. The Morgan fingerprint density at radius 3 is 2.77 bits per heavy atom. The van der Waals surface area contributed by atoms with Gasteiger partial charge in [0.05, 0.1) is 6.04 Å². The van der Waals surface area contributed by atoms with E-state index in [0.29, 0.717) is 13.0 Å². The van der Waals surface area contributed by atoms with Gasteiger partial charge in [0.25, 0.3) is 0 Å². The second-order valence-corrected chi connectivity index (χ2v) is 7.21. The predicted octanol–water partition coefficient (Wildman–Crippen LogP) is 2.62. The Balaban J connectivity index is 2.12. The van der Waals surface area contributed by atoms with E-state index in [2.05, 4.69) is 0 Å². The molecule has 4 nitrogen and oxygen atoms in total. The Hall–Kier alpha value is -1.46. The number of fused-ring (bicyclic) bond motifs is 1. The molecule has 2 atom stereocenters. The van der Waals surface area contributed by atoms with E-state index in [-0.39, 0.29) is 11.9 Å². The van der Waals surface area contributed by atoms with Crippen LogP contribution < -0.4 is 4.74 Å². The second-order valence-electron chi connectivity index (χ2n) is 6.59. The zero-order valence-electron chi connectivity index (χ0n) is 13.1. The zero-order chi connectivity index (χ0) is 16.1. The highest BCUT2D eigenvalue weighted by Crippen LogP contribution is 2.44. The lowest BCUT2D eigenvalue weighted by atomic mass is 9.85. The lowest BCUT2D eigenvalue weighted by molar-refractivity contribution is -0.139. The van der Waals surface area contributed by atoms with Crippen LogP contribution >= 0.6 is 12.2 Å². The van der Waals surface area contributed by atoms with Crippen LogP contribution in [0.4, 0.5) is 0 Å². The zero-order valence-corrected chi connectivity index (χ0v) is 13.9. The molecule has 22 heavy (non-hydrogen) atoms. The fourth-order valence-electron chi connectivity index (χ4n) is 3.29. The normalized spacial score (nSPS) is 26.5. The van der Waals surface area contributed by atoms with Gasteiger partial charge in [-0.05, 0) is 44.9 Å². The number of thiocarbonyl (C=S) groups is 1. The first-order valence-corrected chi connectivity index (χ1v) is 8.03. The van der Waals surface area contributed by atoms with Gasteiger partial charge in [-0.15, -0.1) is 0 Å². The van der Waals surface area contributed by atoms with Gasteiger partial charge in [0.1, 0.15) is 17.5 Å². The fraction of sp³-hybridized carbons (Fsp3) is 0.529. The maximum Gasteiger partial charge on any atom is 0.223 e. The van der Waals surface area contributed by atoms with Gasteiger partial charge in [-0.3, -0.25) is 4.79 Å². The van der Waals surface area contributed by atoms with Gasteiger partial charge in [-0.2, -0.15) is 0 Å². The van der Waals surface area contributed by atoms with Gasteiger partial charge >= 0.3 is 0 Å². The minimum absolute atomic E-state index is 0.0946. The molecule has 5 heteroatoms. The summed E-state index contributed by atoms with van der Waals surface area (Å²) in [7, 11) is 0. The van der Waals surface area contributed by atoms with Gasteiger partial charge in [0.15, 0.2) is 0 Å². The molecule has 1 amide bonds. The summed E-state index contributed by atoms with van der Waals surface area (Å²) < 4.78 is 5.96. The number of aliphatic hydroxyl groups is 1. The van der Waals surface area contributed by atoms with Crippen molar-refractivity contribution in [3.63, 3.8) is 0 Å². The molecule has 0 bridgehead atoms. The van der Waals surface area contributed by atoms with Crippen LogP contribution in [0.15, 0.2) is 18.2 Å². The molecule has 3 rings (SSSR count). The first-order valence-electron chi connectivity index (χ1n) is 7.62. The molecule has 0 aromatic heterocycles. The van der Waals surface area contributed by atoms with Gasteiger partial charge in [-0.1, -0.05) is 18.3 Å². The number of likely N-dealkylation sites (tertiary alicyclic amines) is 1. The van der Waals surface area contributed by atoms with Crippen molar-refractivity contribution >= 4 is 23.0 Å². The minimum Gasteiger partial charge on any atom is -0.485 e. The van der Waals surface area contributed by atoms with Gasteiger partial charge in [0.2, 0.25) is 5.91 Å². The van der Waals surface area contributed by atoms with E-state index in [1.54, 1.807) is 4.90 Å². The Kier molecular flexibility index (Phi) is 3.73.